The molecule has 0 aliphatic heterocycles. The van der Waals surface area contributed by atoms with Crippen molar-refractivity contribution < 1.29 is 29.6 Å². The quantitative estimate of drug-likeness (QED) is 0.501. The molecule has 0 radical (unpaired) electrons. The van der Waals surface area contributed by atoms with E-state index in [4.69, 9.17) is 14.9 Å². The molecule has 94 valence electrons. The zero-order valence-electron chi connectivity index (χ0n) is 9.26. The minimum absolute atomic E-state index is 0.0816. The third-order valence-corrected chi connectivity index (χ3v) is 2.07. The van der Waals surface area contributed by atoms with Crippen LogP contribution in [0.5, 0.6) is 0 Å². The van der Waals surface area contributed by atoms with Crippen molar-refractivity contribution in [2.24, 2.45) is 5.92 Å². The Kier molecular flexibility index (Phi) is 7.49. The highest BCUT2D eigenvalue weighted by atomic mass is 16.5. The van der Waals surface area contributed by atoms with Crippen LogP contribution < -0.4 is 0 Å². The molecule has 0 aliphatic carbocycles. The lowest BCUT2D eigenvalue weighted by Gasteiger charge is -2.18. The van der Waals surface area contributed by atoms with Gasteiger partial charge in [0.1, 0.15) is 5.92 Å². The number of rotatable bonds is 8. The molecule has 2 atom stereocenters. The Hall–Kier alpha value is -1.14. The van der Waals surface area contributed by atoms with Crippen LogP contribution in [0.25, 0.3) is 0 Å². The Bertz CT molecular complexity index is 227. The number of carbonyl (C=O) groups is 2. The Morgan fingerprint density at radius 1 is 1.38 bits per heavy atom. The maximum Gasteiger partial charge on any atom is 0.313 e. The third kappa shape index (κ3) is 5.67. The summed E-state index contributed by atoms with van der Waals surface area (Å²) in [4.78, 5) is 21.6. The van der Waals surface area contributed by atoms with Crippen LogP contribution >= 0.6 is 0 Å². The minimum Gasteiger partial charge on any atom is -0.481 e. The van der Waals surface area contributed by atoms with Crippen LogP contribution in [0.15, 0.2) is 0 Å². The Morgan fingerprint density at radius 3 is 2.44 bits per heavy atom. The summed E-state index contributed by atoms with van der Waals surface area (Å²) in [7, 11) is 0. The Balaban J connectivity index is 4.13. The predicted octanol–water partition coefficient (Wildman–Crippen LogP) is -0.226. The fourth-order valence-electron chi connectivity index (χ4n) is 1.14. The number of carboxylic acid groups (broad SMARTS) is 1. The molecule has 0 amide bonds. The molecule has 0 aromatic carbocycles. The monoisotopic (exact) mass is 234 g/mol. The molecule has 3 N–H and O–H groups in total. The number of aliphatic hydroxyl groups excluding tert-OH is 2. The third-order valence-electron chi connectivity index (χ3n) is 2.07. The van der Waals surface area contributed by atoms with E-state index in [2.05, 4.69) is 0 Å². The molecule has 0 aromatic rings. The largest absolute Gasteiger partial charge is 0.481 e. The fraction of sp³-hybridized carbons (Fsp3) is 0.800. The fourth-order valence-corrected chi connectivity index (χ4v) is 1.14. The summed E-state index contributed by atoms with van der Waals surface area (Å²) in [6.07, 6.45) is -0.874. The highest BCUT2D eigenvalue weighted by Crippen LogP contribution is 2.11. The maximum atomic E-state index is 11.3. The van der Waals surface area contributed by atoms with Crippen LogP contribution in [0.2, 0.25) is 0 Å². The van der Waals surface area contributed by atoms with E-state index < -0.39 is 30.6 Å². The second-order valence-electron chi connectivity index (χ2n) is 3.46. The number of carbonyl (C=O) groups excluding carboxylic acids is 1. The van der Waals surface area contributed by atoms with Gasteiger partial charge in [-0.25, -0.2) is 0 Å². The molecule has 0 rings (SSSR count). The van der Waals surface area contributed by atoms with Crippen LogP contribution in [0, 0.1) is 5.92 Å². The number of aliphatic carboxylic acids is 1. The average molecular weight is 234 g/mol. The van der Waals surface area contributed by atoms with E-state index in [0.717, 1.165) is 0 Å². The highest BCUT2D eigenvalue weighted by molar-refractivity contribution is 5.73. The first-order chi connectivity index (χ1) is 7.52. The lowest BCUT2D eigenvalue weighted by Crippen LogP contribution is -2.33. The van der Waals surface area contributed by atoms with Crippen molar-refractivity contribution in [1.29, 1.82) is 0 Å². The summed E-state index contributed by atoms with van der Waals surface area (Å²) >= 11 is 0. The molecule has 0 aromatic heterocycles. The Morgan fingerprint density at radius 2 is 2.00 bits per heavy atom. The SMILES string of the molecule is CCCOC(=O)C(CO)C(O)CCC(=O)O. The normalized spacial score (nSPS) is 14.2. The van der Waals surface area contributed by atoms with E-state index in [-0.39, 0.29) is 19.4 Å². The number of hydrogen-bond donors (Lipinski definition) is 3. The minimum atomic E-state index is -1.19. The van der Waals surface area contributed by atoms with Gasteiger partial charge in [0.05, 0.1) is 19.3 Å². The second-order valence-corrected chi connectivity index (χ2v) is 3.46. The number of ether oxygens (including phenoxy) is 1. The summed E-state index contributed by atoms with van der Waals surface area (Å²) in [6, 6.07) is 0. The van der Waals surface area contributed by atoms with E-state index >= 15 is 0 Å². The summed E-state index contributed by atoms with van der Waals surface area (Å²) in [5, 5.41) is 26.8. The molecular formula is C10H18O6. The molecule has 0 saturated carbocycles. The van der Waals surface area contributed by atoms with Gasteiger partial charge >= 0.3 is 11.9 Å². The zero-order valence-corrected chi connectivity index (χ0v) is 9.26. The molecule has 16 heavy (non-hydrogen) atoms. The van der Waals surface area contributed by atoms with Gasteiger partial charge in [-0.2, -0.15) is 0 Å². The molecular weight excluding hydrogens is 216 g/mol. The van der Waals surface area contributed by atoms with E-state index in [1.54, 1.807) is 0 Å². The molecule has 0 spiro atoms. The van der Waals surface area contributed by atoms with Gasteiger partial charge in [0.25, 0.3) is 0 Å². The van der Waals surface area contributed by atoms with E-state index in [0.29, 0.717) is 6.42 Å². The summed E-state index contributed by atoms with van der Waals surface area (Å²) < 4.78 is 4.77. The molecule has 0 bridgehead atoms. The van der Waals surface area contributed by atoms with Gasteiger partial charge in [0.2, 0.25) is 0 Å². The second kappa shape index (κ2) is 8.06. The number of hydrogen-bond acceptors (Lipinski definition) is 5. The molecule has 2 unspecified atom stereocenters. The molecule has 0 saturated heterocycles. The topological polar surface area (TPSA) is 104 Å². The first-order valence-corrected chi connectivity index (χ1v) is 5.20. The number of carboxylic acids is 1. The van der Waals surface area contributed by atoms with Gasteiger partial charge in [-0.15, -0.1) is 0 Å². The van der Waals surface area contributed by atoms with Crippen molar-refractivity contribution in [1.82, 2.24) is 0 Å². The van der Waals surface area contributed by atoms with Crippen LogP contribution in [-0.2, 0) is 14.3 Å². The van der Waals surface area contributed by atoms with Gasteiger partial charge < -0.3 is 20.1 Å². The Labute approximate surface area is 93.8 Å². The molecule has 6 nitrogen and oxygen atoms in total. The van der Waals surface area contributed by atoms with Crippen LogP contribution in [-0.4, -0.2) is 46.6 Å². The lowest BCUT2D eigenvalue weighted by molar-refractivity contribution is -0.155. The van der Waals surface area contributed by atoms with E-state index in [9.17, 15) is 14.7 Å². The number of aliphatic hydroxyl groups is 2. The van der Waals surface area contributed by atoms with Crippen molar-refractivity contribution in [3.8, 4) is 0 Å². The summed E-state index contributed by atoms with van der Waals surface area (Å²) in [5.74, 6) is -2.81. The van der Waals surface area contributed by atoms with Gasteiger partial charge in [-0.1, -0.05) is 6.92 Å². The molecule has 0 aliphatic rings. The van der Waals surface area contributed by atoms with Gasteiger partial charge in [0, 0.05) is 6.42 Å². The van der Waals surface area contributed by atoms with Gasteiger partial charge in [-0.05, 0) is 12.8 Å². The van der Waals surface area contributed by atoms with Crippen molar-refractivity contribution in [3.05, 3.63) is 0 Å². The van der Waals surface area contributed by atoms with Crippen LogP contribution in [0.1, 0.15) is 26.2 Å². The first-order valence-electron chi connectivity index (χ1n) is 5.20. The first kappa shape index (κ1) is 14.9. The summed E-state index contributed by atoms with van der Waals surface area (Å²) in [6.45, 7) is 1.49. The van der Waals surface area contributed by atoms with Crippen LogP contribution in [0.4, 0.5) is 0 Å². The average Bonchev–Trinajstić information content (AvgIpc) is 2.24. The lowest BCUT2D eigenvalue weighted by atomic mass is 9.99. The van der Waals surface area contributed by atoms with Crippen LogP contribution in [0.3, 0.4) is 0 Å². The zero-order chi connectivity index (χ0) is 12.6. The maximum absolute atomic E-state index is 11.3. The van der Waals surface area contributed by atoms with Crippen molar-refractivity contribution >= 4 is 11.9 Å². The van der Waals surface area contributed by atoms with Crippen molar-refractivity contribution in [3.63, 3.8) is 0 Å². The van der Waals surface area contributed by atoms with E-state index in [1.165, 1.54) is 0 Å². The van der Waals surface area contributed by atoms with Gasteiger partial charge in [0.15, 0.2) is 0 Å². The number of esters is 1. The molecule has 6 heteroatoms. The highest BCUT2D eigenvalue weighted by Gasteiger charge is 2.27. The van der Waals surface area contributed by atoms with E-state index in [1.807, 2.05) is 6.92 Å². The van der Waals surface area contributed by atoms with Gasteiger partial charge in [-0.3, -0.25) is 9.59 Å². The predicted molar refractivity (Wildman–Crippen MR) is 54.7 cm³/mol. The molecule has 0 heterocycles. The standard InChI is InChI=1S/C10H18O6/c1-2-5-16-10(15)7(6-11)8(12)3-4-9(13)14/h7-8,11-12H,2-6H2,1H3,(H,13,14). The molecule has 0 fully saturated rings. The smallest absolute Gasteiger partial charge is 0.313 e. The summed E-state index contributed by atoms with van der Waals surface area (Å²) in [5.41, 5.74) is 0. The van der Waals surface area contributed by atoms with Crippen molar-refractivity contribution in [2.75, 3.05) is 13.2 Å². The van der Waals surface area contributed by atoms with Crippen molar-refractivity contribution in [2.45, 2.75) is 32.3 Å².